The number of carbonyl (C=O) groups excluding carboxylic acids is 2. The molecular formula is C36H38Cl3N3O4S. The summed E-state index contributed by atoms with van der Waals surface area (Å²) in [6.07, 6.45) is 0.874. The molecule has 4 aromatic carbocycles. The van der Waals surface area contributed by atoms with Crippen molar-refractivity contribution in [2.24, 2.45) is 0 Å². The van der Waals surface area contributed by atoms with Crippen LogP contribution in [0.2, 0.25) is 15.1 Å². The third-order valence-corrected chi connectivity index (χ3v) is 10.9. The fraction of sp³-hybridized carbons (Fsp3) is 0.278. The normalized spacial score (nSPS) is 12.7. The van der Waals surface area contributed by atoms with E-state index in [1.54, 1.807) is 49.4 Å². The highest BCUT2D eigenvalue weighted by Crippen LogP contribution is 2.30. The third kappa shape index (κ3) is 9.29. The molecule has 11 heteroatoms. The van der Waals surface area contributed by atoms with Gasteiger partial charge >= 0.3 is 0 Å². The zero-order valence-electron chi connectivity index (χ0n) is 26.7. The second-order valence-electron chi connectivity index (χ2n) is 11.6. The number of carbonyl (C=O) groups is 2. The minimum Gasteiger partial charge on any atom is -0.352 e. The molecular weight excluding hydrogens is 677 g/mol. The SMILES string of the molecule is CC[C@H](C)NC(=O)[C@@H](Cc1ccccc1)N(Cc1ccc(Cl)c(Cl)c1)C(=O)CN(c1ccc(C)c(Cl)c1)S(=O)(=O)c1ccc(C)cc1. The summed E-state index contributed by atoms with van der Waals surface area (Å²) >= 11 is 19.0. The van der Waals surface area contributed by atoms with Crippen molar-refractivity contribution < 1.29 is 18.0 Å². The molecule has 0 heterocycles. The van der Waals surface area contributed by atoms with Crippen molar-refractivity contribution in [2.75, 3.05) is 10.8 Å². The summed E-state index contributed by atoms with van der Waals surface area (Å²) in [5.74, 6) is -0.952. The minimum atomic E-state index is -4.25. The molecule has 0 unspecified atom stereocenters. The number of anilines is 1. The Morgan fingerprint density at radius 3 is 2.11 bits per heavy atom. The number of benzene rings is 4. The van der Waals surface area contributed by atoms with Crippen LogP contribution in [0.25, 0.3) is 0 Å². The van der Waals surface area contributed by atoms with Crippen molar-refractivity contribution in [3.8, 4) is 0 Å². The first-order chi connectivity index (χ1) is 22.3. The Morgan fingerprint density at radius 1 is 0.809 bits per heavy atom. The Kier molecular flexibility index (Phi) is 12.4. The molecule has 7 nitrogen and oxygen atoms in total. The van der Waals surface area contributed by atoms with Gasteiger partial charge in [0.15, 0.2) is 0 Å². The van der Waals surface area contributed by atoms with E-state index >= 15 is 0 Å². The molecule has 0 spiro atoms. The second kappa shape index (κ2) is 16.0. The first-order valence-electron chi connectivity index (χ1n) is 15.2. The monoisotopic (exact) mass is 713 g/mol. The number of hydrogen-bond acceptors (Lipinski definition) is 4. The van der Waals surface area contributed by atoms with Crippen LogP contribution < -0.4 is 9.62 Å². The minimum absolute atomic E-state index is 0.0129. The molecule has 0 radical (unpaired) electrons. The zero-order valence-corrected chi connectivity index (χ0v) is 29.8. The maximum Gasteiger partial charge on any atom is 0.264 e. The molecule has 2 amide bonds. The van der Waals surface area contributed by atoms with E-state index in [0.717, 1.165) is 21.0 Å². The van der Waals surface area contributed by atoms with Crippen molar-refractivity contribution in [1.82, 2.24) is 10.2 Å². The third-order valence-electron chi connectivity index (χ3n) is 7.94. The molecule has 0 aliphatic rings. The van der Waals surface area contributed by atoms with Crippen LogP contribution in [-0.2, 0) is 32.6 Å². The first-order valence-corrected chi connectivity index (χ1v) is 17.8. The van der Waals surface area contributed by atoms with Gasteiger partial charge in [-0.1, -0.05) is 102 Å². The zero-order chi connectivity index (χ0) is 34.3. The van der Waals surface area contributed by atoms with Crippen LogP contribution in [0.5, 0.6) is 0 Å². The van der Waals surface area contributed by atoms with Gasteiger partial charge in [0.1, 0.15) is 12.6 Å². The molecule has 248 valence electrons. The standard InChI is InChI=1S/C36H38Cl3N3O4S/c1-5-26(4)40-36(44)34(20-27-9-7-6-8-10-27)41(22-28-14-18-31(37)33(39)19-28)35(43)23-42(29-15-13-25(3)32(38)21-29)47(45,46)30-16-11-24(2)12-17-30/h6-19,21,26,34H,5,20,22-23H2,1-4H3,(H,40,44)/t26-,34+/m0/s1. The molecule has 0 aliphatic carbocycles. The molecule has 0 saturated heterocycles. The van der Waals surface area contributed by atoms with Crippen LogP contribution in [0, 0.1) is 13.8 Å². The van der Waals surface area contributed by atoms with Gasteiger partial charge in [-0.2, -0.15) is 0 Å². The lowest BCUT2D eigenvalue weighted by Gasteiger charge is -2.34. The number of halogens is 3. The summed E-state index contributed by atoms with van der Waals surface area (Å²) < 4.78 is 29.5. The van der Waals surface area contributed by atoms with Crippen LogP contribution in [0.4, 0.5) is 5.69 Å². The molecule has 0 fully saturated rings. The van der Waals surface area contributed by atoms with Gasteiger partial charge in [-0.25, -0.2) is 8.42 Å². The van der Waals surface area contributed by atoms with E-state index in [4.69, 9.17) is 34.8 Å². The Labute approximate surface area is 292 Å². The van der Waals surface area contributed by atoms with Gasteiger partial charge < -0.3 is 10.2 Å². The molecule has 1 N–H and O–H groups in total. The molecule has 0 saturated carbocycles. The highest BCUT2D eigenvalue weighted by atomic mass is 35.5. The van der Waals surface area contributed by atoms with E-state index in [1.165, 1.54) is 23.1 Å². The summed E-state index contributed by atoms with van der Waals surface area (Å²) in [5, 5.41) is 4.00. The van der Waals surface area contributed by atoms with E-state index in [2.05, 4.69) is 5.32 Å². The predicted molar refractivity (Wildman–Crippen MR) is 191 cm³/mol. The van der Waals surface area contributed by atoms with Crippen molar-refractivity contribution in [1.29, 1.82) is 0 Å². The van der Waals surface area contributed by atoms with Crippen molar-refractivity contribution in [3.63, 3.8) is 0 Å². The lowest BCUT2D eigenvalue weighted by atomic mass is 10.0. The maximum absolute atomic E-state index is 14.6. The Bertz CT molecular complexity index is 1820. The fourth-order valence-corrected chi connectivity index (χ4v) is 6.83. The number of hydrogen-bond donors (Lipinski definition) is 1. The Morgan fingerprint density at radius 2 is 1.49 bits per heavy atom. The van der Waals surface area contributed by atoms with Gasteiger partial charge in [0.05, 0.1) is 20.6 Å². The summed E-state index contributed by atoms with van der Waals surface area (Å²) in [6.45, 7) is 6.87. The summed E-state index contributed by atoms with van der Waals surface area (Å²) in [6, 6.07) is 24.4. The van der Waals surface area contributed by atoms with Crippen LogP contribution in [-0.4, -0.2) is 43.8 Å². The lowest BCUT2D eigenvalue weighted by molar-refractivity contribution is -0.140. The number of aryl methyl sites for hydroxylation is 2. The number of amides is 2. The van der Waals surface area contributed by atoms with E-state index in [0.29, 0.717) is 22.0 Å². The van der Waals surface area contributed by atoms with E-state index in [9.17, 15) is 18.0 Å². The van der Waals surface area contributed by atoms with Gasteiger partial charge in [-0.15, -0.1) is 0 Å². The van der Waals surface area contributed by atoms with Gasteiger partial charge in [0.2, 0.25) is 11.8 Å². The Hall–Kier alpha value is -3.56. The summed E-state index contributed by atoms with van der Waals surface area (Å²) in [7, 11) is -4.25. The molecule has 0 bridgehead atoms. The van der Waals surface area contributed by atoms with Gasteiger partial charge in [-0.05, 0) is 80.3 Å². The van der Waals surface area contributed by atoms with Crippen molar-refractivity contribution >= 4 is 62.3 Å². The molecule has 47 heavy (non-hydrogen) atoms. The summed E-state index contributed by atoms with van der Waals surface area (Å²) in [5.41, 5.74) is 3.30. The van der Waals surface area contributed by atoms with Gasteiger partial charge in [-0.3, -0.25) is 13.9 Å². The fourth-order valence-electron chi connectivity index (χ4n) is 4.93. The van der Waals surface area contributed by atoms with Gasteiger partial charge in [0.25, 0.3) is 10.0 Å². The van der Waals surface area contributed by atoms with Gasteiger partial charge in [0, 0.05) is 24.0 Å². The molecule has 4 rings (SSSR count). The number of sulfonamides is 1. The Balaban J connectivity index is 1.84. The van der Waals surface area contributed by atoms with Crippen LogP contribution in [0.1, 0.15) is 42.5 Å². The van der Waals surface area contributed by atoms with Crippen molar-refractivity contribution in [3.05, 3.63) is 128 Å². The summed E-state index contributed by atoms with van der Waals surface area (Å²) in [4.78, 5) is 30.0. The topological polar surface area (TPSA) is 86.8 Å². The highest BCUT2D eigenvalue weighted by Gasteiger charge is 2.35. The van der Waals surface area contributed by atoms with Crippen LogP contribution in [0.15, 0.2) is 95.9 Å². The molecule has 2 atom stereocenters. The maximum atomic E-state index is 14.6. The van der Waals surface area contributed by atoms with Crippen molar-refractivity contribution in [2.45, 2.75) is 64.1 Å². The molecule has 0 aromatic heterocycles. The van der Waals surface area contributed by atoms with E-state index in [-0.39, 0.29) is 40.5 Å². The largest absolute Gasteiger partial charge is 0.352 e. The number of nitrogens with one attached hydrogen (secondary N) is 1. The first kappa shape index (κ1) is 36.3. The molecule has 0 aliphatic heterocycles. The number of nitrogens with zero attached hydrogens (tertiary/aromatic N) is 2. The average Bonchev–Trinajstić information content (AvgIpc) is 3.05. The quantitative estimate of drug-likeness (QED) is 0.152. The van der Waals surface area contributed by atoms with E-state index in [1.807, 2.05) is 51.1 Å². The highest BCUT2D eigenvalue weighted by molar-refractivity contribution is 7.92. The molecule has 4 aromatic rings. The average molecular weight is 715 g/mol. The smallest absolute Gasteiger partial charge is 0.264 e. The second-order valence-corrected chi connectivity index (χ2v) is 14.6. The predicted octanol–water partition coefficient (Wildman–Crippen LogP) is 8.01. The lowest BCUT2D eigenvalue weighted by Crippen LogP contribution is -2.54. The van der Waals surface area contributed by atoms with Crippen LogP contribution >= 0.6 is 34.8 Å². The number of rotatable bonds is 13. The van der Waals surface area contributed by atoms with Crippen LogP contribution in [0.3, 0.4) is 0 Å². The van der Waals surface area contributed by atoms with E-state index < -0.39 is 28.5 Å².